The molecule has 1 N–H and O–H groups in total. The smallest absolute Gasteiger partial charge is 0.326 e. The van der Waals surface area contributed by atoms with E-state index < -0.39 is 18.1 Å². The van der Waals surface area contributed by atoms with Crippen LogP contribution in [0.4, 0.5) is 0 Å². The minimum Gasteiger partial charge on any atom is -0.481 e. The van der Waals surface area contributed by atoms with E-state index in [2.05, 4.69) is 15.9 Å². The normalized spacial score (nSPS) is 19.7. The van der Waals surface area contributed by atoms with Crippen LogP contribution in [0.3, 0.4) is 0 Å². The van der Waals surface area contributed by atoms with E-state index in [1.165, 1.54) is 4.90 Å². The molecule has 1 aromatic rings. The van der Waals surface area contributed by atoms with Crippen LogP contribution in [0.15, 0.2) is 28.7 Å². The fourth-order valence-electron chi connectivity index (χ4n) is 2.29. The maximum Gasteiger partial charge on any atom is 0.326 e. The van der Waals surface area contributed by atoms with Gasteiger partial charge in [-0.15, -0.1) is 0 Å². The molecule has 2 atom stereocenters. The SMILES string of the molecule is CC(Oc1ccc(Br)cc1)C(=O)N1CCC[C@@H]1C(=O)O. The fourth-order valence-corrected chi connectivity index (χ4v) is 2.55. The molecule has 0 bridgehead atoms. The van der Waals surface area contributed by atoms with E-state index in [-0.39, 0.29) is 5.91 Å². The average molecular weight is 342 g/mol. The van der Waals surface area contributed by atoms with E-state index in [1.54, 1.807) is 19.1 Å². The third-order valence-corrected chi connectivity index (χ3v) is 3.82. The molecule has 0 radical (unpaired) electrons. The van der Waals surface area contributed by atoms with Crippen molar-refractivity contribution in [3.63, 3.8) is 0 Å². The summed E-state index contributed by atoms with van der Waals surface area (Å²) in [5.41, 5.74) is 0. The van der Waals surface area contributed by atoms with E-state index in [4.69, 9.17) is 9.84 Å². The second-order valence-electron chi connectivity index (χ2n) is 4.74. The zero-order valence-electron chi connectivity index (χ0n) is 11.1. The Hall–Kier alpha value is -1.56. The Morgan fingerprint density at radius 1 is 1.40 bits per heavy atom. The zero-order valence-corrected chi connectivity index (χ0v) is 12.7. The number of aliphatic carboxylic acids is 1. The molecular weight excluding hydrogens is 326 g/mol. The van der Waals surface area contributed by atoms with E-state index in [0.717, 1.165) is 4.47 Å². The monoisotopic (exact) mass is 341 g/mol. The number of rotatable bonds is 4. The lowest BCUT2D eigenvalue weighted by molar-refractivity contribution is -0.150. The second-order valence-corrected chi connectivity index (χ2v) is 5.66. The first-order valence-electron chi connectivity index (χ1n) is 6.44. The largest absolute Gasteiger partial charge is 0.481 e. The first-order chi connectivity index (χ1) is 9.49. The molecule has 2 rings (SSSR count). The third kappa shape index (κ3) is 3.30. The van der Waals surface area contributed by atoms with Gasteiger partial charge in [-0.2, -0.15) is 0 Å². The maximum absolute atomic E-state index is 12.3. The average Bonchev–Trinajstić information content (AvgIpc) is 2.90. The highest BCUT2D eigenvalue weighted by molar-refractivity contribution is 9.10. The molecule has 1 amide bonds. The number of carbonyl (C=O) groups is 2. The number of carboxylic acid groups (broad SMARTS) is 1. The predicted octanol–water partition coefficient (Wildman–Crippen LogP) is 2.29. The summed E-state index contributed by atoms with van der Waals surface area (Å²) in [5, 5.41) is 9.09. The number of hydrogen-bond donors (Lipinski definition) is 1. The van der Waals surface area contributed by atoms with Crippen LogP contribution in [0.25, 0.3) is 0 Å². The highest BCUT2D eigenvalue weighted by atomic mass is 79.9. The van der Waals surface area contributed by atoms with Crippen molar-refractivity contribution in [1.29, 1.82) is 0 Å². The molecule has 1 unspecified atom stereocenters. The van der Waals surface area contributed by atoms with Crippen molar-refractivity contribution in [3.8, 4) is 5.75 Å². The summed E-state index contributed by atoms with van der Waals surface area (Å²) in [6.45, 7) is 2.12. The van der Waals surface area contributed by atoms with E-state index in [9.17, 15) is 9.59 Å². The molecule has 20 heavy (non-hydrogen) atoms. The number of ether oxygens (including phenoxy) is 1. The molecule has 108 valence electrons. The summed E-state index contributed by atoms with van der Waals surface area (Å²) < 4.78 is 6.49. The molecular formula is C14H16BrNO4. The molecule has 0 saturated carbocycles. The van der Waals surface area contributed by atoms with Gasteiger partial charge < -0.3 is 14.7 Å². The summed E-state index contributed by atoms with van der Waals surface area (Å²) in [5.74, 6) is -0.648. The van der Waals surface area contributed by atoms with Crippen LogP contribution >= 0.6 is 15.9 Å². The standard InChI is InChI=1S/C14H16BrNO4/c1-9(20-11-6-4-10(15)5-7-11)13(17)16-8-2-3-12(16)14(18)19/h4-7,9,12H,2-3,8H2,1H3,(H,18,19)/t9?,12-/m1/s1. The highest BCUT2D eigenvalue weighted by Gasteiger charge is 2.36. The van der Waals surface area contributed by atoms with Crippen LogP contribution in [0, 0.1) is 0 Å². The van der Waals surface area contributed by atoms with Crippen LogP contribution in [-0.4, -0.2) is 40.6 Å². The lowest BCUT2D eigenvalue weighted by Gasteiger charge is -2.25. The fraction of sp³-hybridized carbons (Fsp3) is 0.429. The van der Waals surface area contributed by atoms with Crippen molar-refractivity contribution in [3.05, 3.63) is 28.7 Å². The Morgan fingerprint density at radius 3 is 2.65 bits per heavy atom. The van der Waals surface area contributed by atoms with Gasteiger partial charge in [-0.25, -0.2) is 4.79 Å². The summed E-state index contributed by atoms with van der Waals surface area (Å²) >= 11 is 3.32. The van der Waals surface area contributed by atoms with Gasteiger partial charge in [0.15, 0.2) is 6.10 Å². The topological polar surface area (TPSA) is 66.8 Å². The summed E-state index contributed by atoms with van der Waals surface area (Å²) in [7, 11) is 0. The lowest BCUT2D eigenvalue weighted by atomic mass is 10.2. The zero-order chi connectivity index (χ0) is 14.7. The predicted molar refractivity (Wildman–Crippen MR) is 76.6 cm³/mol. The molecule has 0 aromatic heterocycles. The number of carbonyl (C=O) groups excluding carboxylic acids is 1. The number of halogens is 1. The Kier molecular flexibility index (Phi) is 4.65. The highest BCUT2D eigenvalue weighted by Crippen LogP contribution is 2.21. The van der Waals surface area contributed by atoms with Crippen molar-refractivity contribution < 1.29 is 19.4 Å². The summed E-state index contributed by atoms with van der Waals surface area (Å²) in [6.07, 6.45) is 0.524. The lowest BCUT2D eigenvalue weighted by Crippen LogP contribution is -2.46. The quantitative estimate of drug-likeness (QED) is 0.912. The van der Waals surface area contributed by atoms with E-state index in [0.29, 0.717) is 25.1 Å². The van der Waals surface area contributed by atoms with Gasteiger partial charge in [0.25, 0.3) is 5.91 Å². The van der Waals surface area contributed by atoms with E-state index in [1.807, 2.05) is 12.1 Å². The van der Waals surface area contributed by atoms with Gasteiger partial charge in [0.1, 0.15) is 11.8 Å². The molecule has 5 nitrogen and oxygen atoms in total. The van der Waals surface area contributed by atoms with Crippen molar-refractivity contribution in [2.24, 2.45) is 0 Å². The molecule has 0 spiro atoms. The molecule has 1 aliphatic heterocycles. The van der Waals surface area contributed by atoms with Crippen LogP contribution in [0.1, 0.15) is 19.8 Å². The second kappa shape index (κ2) is 6.26. The number of benzene rings is 1. The molecule has 0 aliphatic carbocycles. The molecule has 1 saturated heterocycles. The van der Waals surface area contributed by atoms with Crippen molar-refractivity contribution in [2.75, 3.05) is 6.54 Å². The number of nitrogens with zero attached hydrogens (tertiary/aromatic N) is 1. The van der Waals surface area contributed by atoms with Gasteiger partial charge in [0, 0.05) is 11.0 Å². The Bertz CT molecular complexity index is 502. The van der Waals surface area contributed by atoms with Crippen molar-refractivity contribution in [1.82, 2.24) is 4.90 Å². The van der Waals surface area contributed by atoms with Crippen molar-refractivity contribution >= 4 is 27.8 Å². The van der Waals surface area contributed by atoms with Gasteiger partial charge >= 0.3 is 5.97 Å². The number of carboxylic acids is 1. The molecule has 1 aliphatic rings. The summed E-state index contributed by atoms with van der Waals surface area (Å²) in [4.78, 5) is 24.7. The van der Waals surface area contributed by atoms with Crippen LogP contribution in [0.2, 0.25) is 0 Å². The minimum atomic E-state index is -0.952. The van der Waals surface area contributed by atoms with Gasteiger partial charge in [-0.3, -0.25) is 4.79 Å². The first-order valence-corrected chi connectivity index (χ1v) is 7.24. The van der Waals surface area contributed by atoms with Gasteiger partial charge in [0.05, 0.1) is 0 Å². The number of hydrogen-bond acceptors (Lipinski definition) is 3. The first kappa shape index (κ1) is 14.8. The Balaban J connectivity index is 2.01. The number of likely N-dealkylation sites (tertiary alicyclic amines) is 1. The van der Waals surface area contributed by atoms with Crippen LogP contribution < -0.4 is 4.74 Å². The summed E-state index contributed by atoms with van der Waals surface area (Å²) in [6, 6.07) is 6.43. The van der Waals surface area contributed by atoms with Crippen molar-refractivity contribution in [2.45, 2.75) is 31.9 Å². The van der Waals surface area contributed by atoms with Gasteiger partial charge in [0.2, 0.25) is 0 Å². The Labute approximate surface area is 125 Å². The van der Waals surface area contributed by atoms with Crippen LogP contribution in [0.5, 0.6) is 5.75 Å². The van der Waals surface area contributed by atoms with Gasteiger partial charge in [-0.05, 0) is 44.0 Å². The van der Waals surface area contributed by atoms with E-state index >= 15 is 0 Å². The third-order valence-electron chi connectivity index (χ3n) is 3.30. The van der Waals surface area contributed by atoms with Crippen LogP contribution in [-0.2, 0) is 9.59 Å². The Morgan fingerprint density at radius 2 is 2.05 bits per heavy atom. The maximum atomic E-state index is 12.3. The minimum absolute atomic E-state index is 0.280. The molecule has 1 heterocycles. The molecule has 1 aromatic carbocycles. The van der Waals surface area contributed by atoms with Gasteiger partial charge in [-0.1, -0.05) is 15.9 Å². The molecule has 6 heteroatoms. The number of amides is 1. The molecule has 1 fully saturated rings.